The lowest BCUT2D eigenvalue weighted by atomic mass is 9.86. The van der Waals surface area contributed by atoms with Crippen LogP contribution in [-0.2, 0) is 4.79 Å². The number of phenols is 2. The molecule has 15 heavy (non-hydrogen) atoms. The Bertz CT molecular complexity index is 345. The molecule has 0 aliphatic carbocycles. The van der Waals surface area contributed by atoms with E-state index in [-0.39, 0.29) is 17.4 Å². The van der Waals surface area contributed by atoms with Crippen LogP contribution >= 0.6 is 0 Å². The summed E-state index contributed by atoms with van der Waals surface area (Å²) >= 11 is 0. The molecule has 1 unspecified atom stereocenters. The molecule has 2 N–H and O–H groups in total. The summed E-state index contributed by atoms with van der Waals surface area (Å²) in [4.78, 5) is 10.5. The van der Waals surface area contributed by atoms with Gasteiger partial charge in [-0.15, -0.1) is 0 Å². The van der Waals surface area contributed by atoms with Crippen molar-refractivity contribution in [1.82, 2.24) is 0 Å². The summed E-state index contributed by atoms with van der Waals surface area (Å²) in [7, 11) is 0. The SMILES string of the molecule is CC(C)C(CC=O)c1ccc(O)c(O)c1. The lowest BCUT2D eigenvalue weighted by molar-refractivity contribution is -0.108. The molecule has 3 nitrogen and oxygen atoms in total. The number of hydrogen-bond acceptors (Lipinski definition) is 3. The van der Waals surface area contributed by atoms with Crippen LogP contribution in [-0.4, -0.2) is 16.5 Å². The van der Waals surface area contributed by atoms with E-state index in [1.165, 1.54) is 12.1 Å². The summed E-state index contributed by atoms with van der Waals surface area (Å²) in [5.74, 6) is 0.143. The number of benzene rings is 1. The number of carbonyl (C=O) groups excluding carboxylic acids is 1. The third kappa shape index (κ3) is 2.72. The molecule has 0 fully saturated rings. The number of phenolic OH excluding ortho intramolecular Hbond substituents is 2. The minimum absolute atomic E-state index is 0.0917. The lowest BCUT2D eigenvalue weighted by Gasteiger charge is -2.19. The predicted molar refractivity (Wildman–Crippen MR) is 58.0 cm³/mol. The highest BCUT2D eigenvalue weighted by Crippen LogP contribution is 2.33. The summed E-state index contributed by atoms with van der Waals surface area (Å²) < 4.78 is 0. The van der Waals surface area contributed by atoms with Crippen LogP contribution in [0.4, 0.5) is 0 Å². The zero-order valence-corrected chi connectivity index (χ0v) is 8.97. The summed E-state index contributed by atoms with van der Waals surface area (Å²) in [6, 6.07) is 4.71. The first kappa shape index (κ1) is 11.6. The number of aldehydes is 1. The first-order valence-electron chi connectivity index (χ1n) is 5.01. The smallest absolute Gasteiger partial charge is 0.157 e. The van der Waals surface area contributed by atoms with E-state index in [4.69, 9.17) is 0 Å². The molecule has 0 amide bonds. The Morgan fingerprint density at radius 3 is 2.40 bits per heavy atom. The standard InChI is InChI=1S/C12H16O3/c1-8(2)10(5-6-13)9-3-4-11(14)12(15)7-9/h3-4,6-8,10,14-15H,5H2,1-2H3. The van der Waals surface area contributed by atoms with Crippen molar-refractivity contribution in [1.29, 1.82) is 0 Å². The molecule has 1 aromatic carbocycles. The van der Waals surface area contributed by atoms with Gasteiger partial charge in [-0.2, -0.15) is 0 Å². The average Bonchev–Trinajstić information content (AvgIpc) is 2.18. The summed E-state index contributed by atoms with van der Waals surface area (Å²) in [6.07, 6.45) is 1.32. The molecule has 0 saturated heterocycles. The van der Waals surface area contributed by atoms with Crippen molar-refractivity contribution in [2.45, 2.75) is 26.2 Å². The molecule has 0 radical (unpaired) electrons. The Hall–Kier alpha value is -1.51. The summed E-state index contributed by atoms with van der Waals surface area (Å²) in [5, 5.41) is 18.5. The van der Waals surface area contributed by atoms with Crippen molar-refractivity contribution in [3.05, 3.63) is 23.8 Å². The van der Waals surface area contributed by atoms with Crippen LogP contribution in [0.3, 0.4) is 0 Å². The van der Waals surface area contributed by atoms with Gasteiger partial charge in [0.05, 0.1) is 0 Å². The Balaban J connectivity index is 3.00. The van der Waals surface area contributed by atoms with Gasteiger partial charge in [0.25, 0.3) is 0 Å². The van der Waals surface area contributed by atoms with Crippen LogP contribution in [0.1, 0.15) is 31.7 Å². The van der Waals surface area contributed by atoms with Crippen LogP contribution < -0.4 is 0 Å². The minimum atomic E-state index is -0.135. The maximum absolute atomic E-state index is 10.5. The molecule has 1 rings (SSSR count). The molecule has 0 heterocycles. The van der Waals surface area contributed by atoms with Gasteiger partial charge in [-0.05, 0) is 29.5 Å². The average molecular weight is 208 g/mol. The van der Waals surface area contributed by atoms with Crippen LogP contribution in [0.15, 0.2) is 18.2 Å². The molecule has 0 aliphatic rings. The van der Waals surface area contributed by atoms with Gasteiger partial charge in [-0.25, -0.2) is 0 Å². The van der Waals surface area contributed by atoms with Crippen LogP contribution in [0, 0.1) is 5.92 Å². The van der Waals surface area contributed by atoms with Gasteiger partial charge in [0.2, 0.25) is 0 Å². The van der Waals surface area contributed by atoms with Gasteiger partial charge in [0.15, 0.2) is 11.5 Å². The largest absolute Gasteiger partial charge is 0.504 e. The third-order valence-electron chi connectivity index (χ3n) is 2.58. The highest BCUT2D eigenvalue weighted by Gasteiger charge is 2.16. The third-order valence-corrected chi connectivity index (χ3v) is 2.58. The molecule has 0 aliphatic heterocycles. The minimum Gasteiger partial charge on any atom is -0.504 e. The molecule has 1 aromatic rings. The fourth-order valence-corrected chi connectivity index (χ4v) is 1.67. The van der Waals surface area contributed by atoms with E-state index < -0.39 is 0 Å². The fourth-order valence-electron chi connectivity index (χ4n) is 1.67. The van der Waals surface area contributed by atoms with Crippen molar-refractivity contribution in [3.63, 3.8) is 0 Å². The zero-order chi connectivity index (χ0) is 11.4. The Morgan fingerprint density at radius 1 is 1.27 bits per heavy atom. The maximum Gasteiger partial charge on any atom is 0.157 e. The number of carbonyl (C=O) groups is 1. The van der Waals surface area contributed by atoms with Crippen LogP contribution in [0.25, 0.3) is 0 Å². The van der Waals surface area contributed by atoms with Crippen molar-refractivity contribution in [3.8, 4) is 11.5 Å². The zero-order valence-electron chi connectivity index (χ0n) is 8.97. The van der Waals surface area contributed by atoms with E-state index in [1.54, 1.807) is 6.07 Å². The molecule has 0 aromatic heterocycles. The molecule has 0 bridgehead atoms. The van der Waals surface area contributed by atoms with Gasteiger partial charge in [0, 0.05) is 6.42 Å². The van der Waals surface area contributed by atoms with E-state index in [1.807, 2.05) is 13.8 Å². The van der Waals surface area contributed by atoms with E-state index in [9.17, 15) is 15.0 Å². The summed E-state index contributed by atoms with van der Waals surface area (Å²) in [6.45, 7) is 4.05. The first-order valence-corrected chi connectivity index (χ1v) is 5.01. The second kappa shape index (κ2) is 4.82. The topological polar surface area (TPSA) is 57.5 Å². The Kier molecular flexibility index (Phi) is 3.72. The molecular formula is C12H16O3. The molecule has 82 valence electrons. The van der Waals surface area contributed by atoms with Crippen molar-refractivity contribution >= 4 is 6.29 Å². The first-order chi connectivity index (χ1) is 7.06. The molecular weight excluding hydrogens is 192 g/mol. The second-order valence-electron chi connectivity index (χ2n) is 4.00. The van der Waals surface area contributed by atoms with E-state index in [0.29, 0.717) is 12.3 Å². The highest BCUT2D eigenvalue weighted by molar-refractivity contribution is 5.52. The second-order valence-corrected chi connectivity index (χ2v) is 4.00. The van der Waals surface area contributed by atoms with Crippen molar-refractivity contribution in [2.24, 2.45) is 5.92 Å². The van der Waals surface area contributed by atoms with Gasteiger partial charge in [0.1, 0.15) is 6.29 Å². The summed E-state index contributed by atoms with van der Waals surface area (Å²) in [5.41, 5.74) is 0.882. The number of hydrogen-bond donors (Lipinski definition) is 2. The van der Waals surface area contributed by atoms with Crippen molar-refractivity contribution in [2.75, 3.05) is 0 Å². The maximum atomic E-state index is 10.5. The van der Waals surface area contributed by atoms with Crippen LogP contribution in [0.2, 0.25) is 0 Å². The van der Waals surface area contributed by atoms with Gasteiger partial charge in [-0.1, -0.05) is 19.9 Å². The molecule has 3 heteroatoms. The normalized spacial score (nSPS) is 12.7. The van der Waals surface area contributed by atoms with Gasteiger partial charge >= 0.3 is 0 Å². The van der Waals surface area contributed by atoms with Gasteiger partial charge < -0.3 is 15.0 Å². The molecule has 1 atom stereocenters. The highest BCUT2D eigenvalue weighted by atomic mass is 16.3. The van der Waals surface area contributed by atoms with E-state index in [0.717, 1.165) is 11.8 Å². The quantitative estimate of drug-likeness (QED) is 0.590. The predicted octanol–water partition coefficient (Wildman–Crippen LogP) is 2.43. The monoisotopic (exact) mass is 208 g/mol. The van der Waals surface area contributed by atoms with Crippen molar-refractivity contribution < 1.29 is 15.0 Å². The van der Waals surface area contributed by atoms with E-state index >= 15 is 0 Å². The Labute approximate surface area is 89.4 Å². The molecule has 0 saturated carbocycles. The van der Waals surface area contributed by atoms with E-state index in [2.05, 4.69) is 0 Å². The molecule has 0 spiro atoms. The Morgan fingerprint density at radius 2 is 1.93 bits per heavy atom. The number of rotatable bonds is 4. The lowest BCUT2D eigenvalue weighted by Crippen LogP contribution is -2.07. The fraction of sp³-hybridized carbons (Fsp3) is 0.417. The van der Waals surface area contributed by atoms with Gasteiger partial charge in [-0.3, -0.25) is 0 Å². The number of aromatic hydroxyl groups is 2. The van der Waals surface area contributed by atoms with Crippen LogP contribution in [0.5, 0.6) is 11.5 Å².